The Bertz CT molecular complexity index is 517. The van der Waals surface area contributed by atoms with Gasteiger partial charge in [-0.3, -0.25) is 0 Å². The Labute approximate surface area is 122 Å². The molecule has 2 N–H and O–H groups in total. The monoisotopic (exact) mass is 293 g/mol. The van der Waals surface area contributed by atoms with Gasteiger partial charge in [0.05, 0.1) is 18.3 Å². The highest BCUT2D eigenvalue weighted by Crippen LogP contribution is 2.28. The molecule has 0 atom stereocenters. The smallest absolute Gasteiger partial charge is 0.204 e. The number of aromatic nitrogens is 3. The standard InChI is InChI=1S/C13H19N5OS/c1-3-5-14-12-11(19-2)13(17-8-16-12)15-6-4-10-7-20-9-18-10/h7-9H,3-6H2,1-2H3,(H2,14,15,16,17). The van der Waals surface area contributed by atoms with Crippen LogP contribution in [0.5, 0.6) is 5.75 Å². The van der Waals surface area contributed by atoms with Gasteiger partial charge in [0.25, 0.3) is 0 Å². The summed E-state index contributed by atoms with van der Waals surface area (Å²) in [6, 6.07) is 0. The number of anilines is 2. The Balaban J connectivity index is 1.99. The first-order valence-corrected chi connectivity index (χ1v) is 7.53. The second-order valence-electron chi connectivity index (χ2n) is 4.19. The molecule has 2 rings (SSSR count). The van der Waals surface area contributed by atoms with E-state index in [1.54, 1.807) is 18.4 Å². The molecule has 0 aliphatic carbocycles. The second kappa shape index (κ2) is 7.64. The first-order chi connectivity index (χ1) is 9.85. The average Bonchev–Trinajstić information content (AvgIpc) is 2.98. The zero-order valence-electron chi connectivity index (χ0n) is 11.7. The summed E-state index contributed by atoms with van der Waals surface area (Å²) in [5.41, 5.74) is 2.92. The highest BCUT2D eigenvalue weighted by atomic mass is 32.1. The molecule has 0 bridgehead atoms. The van der Waals surface area contributed by atoms with Gasteiger partial charge >= 0.3 is 0 Å². The molecule has 20 heavy (non-hydrogen) atoms. The first-order valence-electron chi connectivity index (χ1n) is 6.59. The summed E-state index contributed by atoms with van der Waals surface area (Å²) in [5, 5.41) is 8.55. The van der Waals surface area contributed by atoms with Crippen LogP contribution in [0.15, 0.2) is 17.2 Å². The molecular formula is C13H19N5OS. The van der Waals surface area contributed by atoms with E-state index in [-0.39, 0.29) is 0 Å². The summed E-state index contributed by atoms with van der Waals surface area (Å²) < 4.78 is 5.40. The van der Waals surface area contributed by atoms with Crippen LogP contribution in [-0.2, 0) is 6.42 Å². The maximum absolute atomic E-state index is 5.40. The summed E-state index contributed by atoms with van der Waals surface area (Å²) in [6.45, 7) is 3.71. The van der Waals surface area contributed by atoms with E-state index in [9.17, 15) is 0 Å². The van der Waals surface area contributed by atoms with Crippen molar-refractivity contribution in [3.05, 3.63) is 22.9 Å². The van der Waals surface area contributed by atoms with Gasteiger partial charge in [-0.1, -0.05) is 6.92 Å². The molecule has 0 saturated carbocycles. The Hall–Kier alpha value is -1.89. The second-order valence-corrected chi connectivity index (χ2v) is 4.91. The van der Waals surface area contributed by atoms with Crippen molar-refractivity contribution in [2.24, 2.45) is 0 Å². The largest absolute Gasteiger partial charge is 0.490 e. The third kappa shape index (κ3) is 3.80. The van der Waals surface area contributed by atoms with Crippen molar-refractivity contribution in [1.29, 1.82) is 0 Å². The van der Waals surface area contributed by atoms with Crippen molar-refractivity contribution in [1.82, 2.24) is 15.0 Å². The lowest BCUT2D eigenvalue weighted by Gasteiger charge is -2.13. The molecule has 108 valence electrons. The van der Waals surface area contributed by atoms with Crippen molar-refractivity contribution in [2.45, 2.75) is 19.8 Å². The summed E-state index contributed by atoms with van der Waals surface area (Å²) in [7, 11) is 1.63. The number of ether oxygens (including phenoxy) is 1. The molecule has 0 aliphatic rings. The molecule has 7 heteroatoms. The summed E-state index contributed by atoms with van der Waals surface area (Å²) in [6.07, 6.45) is 3.42. The van der Waals surface area contributed by atoms with Gasteiger partial charge in [-0.05, 0) is 6.42 Å². The Morgan fingerprint density at radius 1 is 1.15 bits per heavy atom. The van der Waals surface area contributed by atoms with Crippen molar-refractivity contribution in [3.8, 4) is 5.75 Å². The first kappa shape index (κ1) is 14.5. The molecule has 0 radical (unpaired) electrons. The lowest BCUT2D eigenvalue weighted by Crippen LogP contribution is -2.11. The average molecular weight is 293 g/mol. The van der Waals surface area contributed by atoms with E-state index < -0.39 is 0 Å². The van der Waals surface area contributed by atoms with Gasteiger partial charge in [0.2, 0.25) is 5.75 Å². The van der Waals surface area contributed by atoms with Crippen LogP contribution < -0.4 is 15.4 Å². The summed E-state index contributed by atoms with van der Waals surface area (Å²) >= 11 is 1.61. The maximum atomic E-state index is 5.40. The Morgan fingerprint density at radius 3 is 2.50 bits per heavy atom. The molecule has 0 unspecified atom stereocenters. The van der Waals surface area contributed by atoms with Crippen LogP contribution in [0.4, 0.5) is 11.6 Å². The normalized spacial score (nSPS) is 10.3. The van der Waals surface area contributed by atoms with Gasteiger partial charge in [-0.15, -0.1) is 11.3 Å². The highest BCUT2D eigenvalue weighted by Gasteiger charge is 2.11. The molecule has 2 aromatic rings. The highest BCUT2D eigenvalue weighted by molar-refractivity contribution is 7.07. The topological polar surface area (TPSA) is 72.0 Å². The van der Waals surface area contributed by atoms with E-state index in [1.165, 1.54) is 6.33 Å². The van der Waals surface area contributed by atoms with Gasteiger partial charge in [0.1, 0.15) is 6.33 Å². The van der Waals surface area contributed by atoms with Crippen molar-refractivity contribution in [3.63, 3.8) is 0 Å². The van der Waals surface area contributed by atoms with Crippen molar-refractivity contribution < 1.29 is 4.74 Å². The zero-order chi connectivity index (χ0) is 14.2. The van der Waals surface area contributed by atoms with E-state index in [4.69, 9.17) is 4.74 Å². The zero-order valence-corrected chi connectivity index (χ0v) is 12.5. The number of hydrogen-bond acceptors (Lipinski definition) is 7. The maximum Gasteiger partial charge on any atom is 0.204 e. The molecule has 2 heterocycles. The van der Waals surface area contributed by atoms with E-state index in [0.29, 0.717) is 11.6 Å². The molecule has 0 aliphatic heterocycles. The summed E-state index contributed by atoms with van der Waals surface area (Å²) in [5.74, 6) is 2.08. The van der Waals surface area contributed by atoms with Gasteiger partial charge in [-0.25, -0.2) is 15.0 Å². The van der Waals surface area contributed by atoms with Gasteiger partial charge in [0, 0.05) is 24.9 Å². The third-order valence-electron chi connectivity index (χ3n) is 2.71. The van der Waals surface area contributed by atoms with Crippen molar-refractivity contribution in [2.75, 3.05) is 30.8 Å². The van der Waals surface area contributed by atoms with Crippen LogP contribution in [0.1, 0.15) is 19.0 Å². The Kier molecular flexibility index (Phi) is 5.55. The van der Waals surface area contributed by atoms with Crippen LogP contribution in [0.3, 0.4) is 0 Å². The molecule has 0 saturated heterocycles. The number of thiazole rings is 1. The molecular weight excluding hydrogens is 274 g/mol. The predicted molar refractivity (Wildman–Crippen MR) is 81.7 cm³/mol. The van der Waals surface area contributed by atoms with Gasteiger partial charge < -0.3 is 15.4 Å². The fourth-order valence-electron chi connectivity index (χ4n) is 1.73. The Morgan fingerprint density at radius 2 is 1.90 bits per heavy atom. The molecule has 0 spiro atoms. The molecule has 0 amide bonds. The van der Waals surface area contributed by atoms with Gasteiger partial charge in [0.15, 0.2) is 11.6 Å². The molecule has 2 aromatic heterocycles. The van der Waals surface area contributed by atoms with Crippen LogP contribution >= 0.6 is 11.3 Å². The minimum atomic E-state index is 0.652. The fourth-order valence-corrected chi connectivity index (χ4v) is 2.33. The van der Waals surface area contributed by atoms with E-state index in [1.807, 2.05) is 10.9 Å². The van der Waals surface area contributed by atoms with E-state index >= 15 is 0 Å². The number of hydrogen-bond donors (Lipinski definition) is 2. The van der Waals surface area contributed by atoms with Crippen LogP contribution in [0, 0.1) is 0 Å². The fraction of sp³-hybridized carbons (Fsp3) is 0.462. The van der Waals surface area contributed by atoms with Crippen molar-refractivity contribution >= 4 is 23.0 Å². The van der Waals surface area contributed by atoms with Crippen LogP contribution in [-0.4, -0.2) is 35.2 Å². The number of methoxy groups -OCH3 is 1. The van der Waals surface area contributed by atoms with Crippen LogP contribution in [0.25, 0.3) is 0 Å². The van der Waals surface area contributed by atoms with E-state index in [2.05, 4.69) is 32.5 Å². The molecule has 0 aromatic carbocycles. The number of nitrogens with one attached hydrogen (secondary N) is 2. The van der Waals surface area contributed by atoms with Crippen LogP contribution in [0.2, 0.25) is 0 Å². The lowest BCUT2D eigenvalue weighted by molar-refractivity contribution is 0.414. The predicted octanol–water partition coefficient (Wildman–Crippen LogP) is 2.42. The summed E-state index contributed by atoms with van der Waals surface area (Å²) in [4.78, 5) is 12.7. The number of rotatable bonds is 8. The third-order valence-corrected chi connectivity index (χ3v) is 3.34. The molecule has 0 fully saturated rings. The van der Waals surface area contributed by atoms with Gasteiger partial charge in [-0.2, -0.15) is 0 Å². The van der Waals surface area contributed by atoms with E-state index in [0.717, 1.165) is 37.4 Å². The quantitative estimate of drug-likeness (QED) is 0.779. The molecule has 6 nitrogen and oxygen atoms in total. The number of nitrogens with zero attached hydrogens (tertiary/aromatic N) is 3. The lowest BCUT2D eigenvalue weighted by atomic mass is 10.3. The SMILES string of the molecule is CCCNc1ncnc(NCCc2cscn2)c1OC. The minimum absolute atomic E-state index is 0.652. The minimum Gasteiger partial charge on any atom is -0.490 e.